The number of amides is 1. The highest BCUT2D eigenvalue weighted by atomic mass is 16.5. The smallest absolute Gasteiger partial charge is 0.257 e. The van der Waals surface area contributed by atoms with E-state index in [4.69, 9.17) is 4.74 Å². The fraction of sp³-hybridized carbons (Fsp3) is 0.269. The van der Waals surface area contributed by atoms with Crippen LogP contribution in [0.2, 0.25) is 0 Å². The van der Waals surface area contributed by atoms with Crippen LogP contribution >= 0.6 is 0 Å². The van der Waals surface area contributed by atoms with Crippen molar-refractivity contribution in [2.24, 2.45) is 0 Å². The summed E-state index contributed by atoms with van der Waals surface area (Å²) in [5.41, 5.74) is 6.64. The first kappa shape index (κ1) is 18.7. The minimum atomic E-state index is 0.106. The van der Waals surface area contributed by atoms with Gasteiger partial charge in [0, 0.05) is 12.6 Å². The summed E-state index contributed by atoms with van der Waals surface area (Å²) >= 11 is 0. The summed E-state index contributed by atoms with van der Waals surface area (Å²) in [6, 6.07) is 23.2. The Balaban J connectivity index is 1.48. The minimum Gasteiger partial charge on any atom is -0.497 e. The molecule has 0 spiro atoms. The Bertz CT molecular complexity index is 1090. The van der Waals surface area contributed by atoms with Crippen LogP contribution in [0.3, 0.4) is 0 Å². The molecular weight excluding hydrogens is 372 g/mol. The summed E-state index contributed by atoms with van der Waals surface area (Å²) in [5, 5.41) is 0. The highest BCUT2D eigenvalue weighted by Crippen LogP contribution is 2.39. The van der Waals surface area contributed by atoms with Crippen molar-refractivity contribution in [3.63, 3.8) is 0 Å². The van der Waals surface area contributed by atoms with Crippen molar-refractivity contribution >= 4 is 11.6 Å². The maximum absolute atomic E-state index is 13.3. The normalized spacial score (nSPS) is 15.9. The Kier molecular flexibility index (Phi) is 4.70. The summed E-state index contributed by atoms with van der Waals surface area (Å²) in [4.78, 5) is 17.7. The largest absolute Gasteiger partial charge is 0.497 e. The maximum Gasteiger partial charge on any atom is 0.257 e. The number of aryl methyl sites for hydroxylation is 1. The van der Waals surface area contributed by atoms with Crippen LogP contribution in [0.4, 0.5) is 5.69 Å². The van der Waals surface area contributed by atoms with Gasteiger partial charge in [0.15, 0.2) is 0 Å². The zero-order valence-corrected chi connectivity index (χ0v) is 17.5. The molecule has 0 radical (unpaired) electrons. The monoisotopic (exact) mass is 398 g/mol. The average Bonchev–Trinajstić information content (AvgIpc) is 3.61. The van der Waals surface area contributed by atoms with Crippen LogP contribution < -0.4 is 9.64 Å². The predicted octanol–water partition coefficient (Wildman–Crippen LogP) is 5.25. The van der Waals surface area contributed by atoms with Crippen molar-refractivity contribution in [2.45, 2.75) is 32.4 Å². The van der Waals surface area contributed by atoms with Gasteiger partial charge in [-0.3, -0.25) is 4.79 Å². The molecule has 0 saturated heterocycles. The molecule has 4 nitrogen and oxygen atoms in total. The molecule has 2 aliphatic rings. The van der Waals surface area contributed by atoms with Gasteiger partial charge in [0.25, 0.3) is 5.91 Å². The summed E-state index contributed by atoms with van der Waals surface area (Å²) in [6.45, 7) is 3.37. The molecule has 5 rings (SSSR count). The van der Waals surface area contributed by atoms with E-state index in [0.29, 0.717) is 19.3 Å². The molecule has 0 bridgehead atoms. The van der Waals surface area contributed by atoms with E-state index in [1.807, 2.05) is 35.2 Å². The van der Waals surface area contributed by atoms with Gasteiger partial charge in [-0.2, -0.15) is 0 Å². The molecule has 1 saturated carbocycles. The predicted molar refractivity (Wildman–Crippen MR) is 120 cm³/mol. The minimum absolute atomic E-state index is 0.106. The van der Waals surface area contributed by atoms with Crippen LogP contribution in [0, 0.1) is 6.92 Å². The summed E-state index contributed by atoms with van der Waals surface area (Å²) in [6.07, 6.45) is 2.39. The van der Waals surface area contributed by atoms with E-state index in [2.05, 4.69) is 48.2 Å². The fourth-order valence-electron chi connectivity index (χ4n) is 4.28. The topological polar surface area (TPSA) is 32.8 Å². The van der Waals surface area contributed by atoms with Gasteiger partial charge in [0.05, 0.1) is 25.0 Å². The number of carbonyl (C=O) groups is 1. The first-order valence-corrected chi connectivity index (χ1v) is 10.5. The second-order valence-electron chi connectivity index (χ2n) is 8.24. The highest BCUT2D eigenvalue weighted by molar-refractivity contribution is 6.02. The summed E-state index contributed by atoms with van der Waals surface area (Å²) < 4.78 is 5.25. The Hall–Kier alpha value is -3.27. The van der Waals surface area contributed by atoms with Gasteiger partial charge in [-0.1, -0.05) is 42.5 Å². The number of hydrogen-bond donors (Lipinski definition) is 0. The van der Waals surface area contributed by atoms with Crippen LogP contribution in [0.25, 0.3) is 11.1 Å². The summed E-state index contributed by atoms with van der Waals surface area (Å²) in [5.74, 6) is 0.937. The molecule has 1 fully saturated rings. The Labute approximate surface area is 177 Å². The van der Waals surface area contributed by atoms with E-state index in [0.717, 1.165) is 22.6 Å². The van der Waals surface area contributed by atoms with E-state index < -0.39 is 0 Å². The third-order valence-corrected chi connectivity index (χ3v) is 6.12. The molecule has 152 valence electrons. The van der Waals surface area contributed by atoms with Crippen LogP contribution in [0.5, 0.6) is 5.75 Å². The molecule has 0 N–H and O–H groups in total. The fourth-order valence-corrected chi connectivity index (χ4v) is 4.28. The lowest BCUT2D eigenvalue weighted by Crippen LogP contribution is -2.47. The lowest BCUT2D eigenvalue weighted by Gasteiger charge is -2.38. The molecule has 0 unspecified atom stereocenters. The van der Waals surface area contributed by atoms with Gasteiger partial charge in [0.1, 0.15) is 5.75 Å². The number of nitrogens with zero attached hydrogens (tertiary/aromatic N) is 2. The number of anilines is 1. The average molecular weight is 399 g/mol. The first-order valence-electron chi connectivity index (χ1n) is 10.5. The van der Waals surface area contributed by atoms with E-state index in [1.165, 1.54) is 29.5 Å². The van der Waals surface area contributed by atoms with Crippen molar-refractivity contribution in [2.75, 3.05) is 18.7 Å². The van der Waals surface area contributed by atoms with Crippen molar-refractivity contribution in [1.29, 1.82) is 0 Å². The molecule has 3 aromatic carbocycles. The Morgan fingerprint density at radius 1 is 0.967 bits per heavy atom. The quantitative estimate of drug-likeness (QED) is 0.588. The molecular formula is C26H26N2O2. The van der Waals surface area contributed by atoms with Crippen LogP contribution in [0.1, 0.15) is 34.3 Å². The van der Waals surface area contributed by atoms with Crippen molar-refractivity contribution < 1.29 is 9.53 Å². The lowest BCUT2D eigenvalue weighted by atomic mass is 9.96. The standard InChI is InChI=1S/C26H26N2O2/c1-18-5-3-4-6-23(18)20-9-14-24-25(15-20)28(21-10-11-21)17-27(26(24)29)16-19-7-12-22(30-2)13-8-19/h3-9,12-15,21H,10-11,16-17H2,1-2H3. The molecule has 0 aromatic heterocycles. The zero-order chi connectivity index (χ0) is 20.7. The van der Waals surface area contributed by atoms with E-state index in [9.17, 15) is 4.79 Å². The molecule has 1 aliphatic heterocycles. The van der Waals surface area contributed by atoms with Gasteiger partial charge in [0.2, 0.25) is 0 Å². The van der Waals surface area contributed by atoms with Gasteiger partial charge in [-0.05, 0) is 66.3 Å². The lowest BCUT2D eigenvalue weighted by molar-refractivity contribution is 0.0727. The second kappa shape index (κ2) is 7.52. The third kappa shape index (κ3) is 3.43. The molecule has 3 aromatic rings. The number of carbonyl (C=O) groups excluding carboxylic acids is 1. The first-order chi connectivity index (χ1) is 14.6. The van der Waals surface area contributed by atoms with Crippen molar-refractivity contribution in [3.8, 4) is 16.9 Å². The van der Waals surface area contributed by atoms with E-state index in [1.54, 1.807) is 7.11 Å². The summed E-state index contributed by atoms with van der Waals surface area (Å²) in [7, 11) is 1.67. The van der Waals surface area contributed by atoms with Gasteiger partial charge in [-0.25, -0.2) is 0 Å². The second-order valence-corrected chi connectivity index (χ2v) is 8.24. The number of fused-ring (bicyclic) bond motifs is 1. The van der Waals surface area contributed by atoms with Gasteiger partial charge in [-0.15, -0.1) is 0 Å². The number of methoxy groups -OCH3 is 1. The van der Waals surface area contributed by atoms with Crippen LogP contribution in [-0.2, 0) is 6.54 Å². The molecule has 4 heteroatoms. The number of benzene rings is 3. The Morgan fingerprint density at radius 2 is 1.73 bits per heavy atom. The third-order valence-electron chi connectivity index (χ3n) is 6.12. The molecule has 30 heavy (non-hydrogen) atoms. The molecule has 1 heterocycles. The van der Waals surface area contributed by atoms with Crippen LogP contribution in [0.15, 0.2) is 66.7 Å². The van der Waals surface area contributed by atoms with Crippen molar-refractivity contribution in [3.05, 3.63) is 83.4 Å². The maximum atomic E-state index is 13.3. The highest BCUT2D eigenvalue weighted by Gasteiger charge is 2.37. The number of hydrogen-bond acceptors (Lipinski definition) is 3. The SMILES string of the molecule is COc1ccc(CN2CN(C3CC3)c3cc(-c4ccccc4C)ccc3C2=O)cc1. The number of ether oxygens (including phenoxy) is 1. The van der Waals surface area contributed by atoms with E-state index in [-0.39, 0.29) is 5.91 Å². The van der Waals surface area contributed by atoms with Gasteiger partial charge < -0.3 is 14.5 Å². The zero-order valence-electron chi connectivity index (χ0n) is 17.5. The van der Waals surface area contributed by atoms with Gasteiger partial charge >= 0.3 is 0 Å². The molecule has 1 amide bonds. The molecule has 0 atom stereocenters. The van der Waals surface area contributed by atoms with Crippen molar-refractivity contribution in [1.82, 2.24) is 4.90 Å². The molecule has 1 aliphatic carbocycles. The van der Waals surface area contributed by atoms with Crippen LogP contribution in [-0.4, -0.2) is 30.6 Å². The number of rotatable bonds is 5. The van der Waals surface area contributed by atoms with E-state index >= 15 is 0 Å². The Morgan fingerprint density at radius 3 is 2.43 bits per heavy atom.